The molecule has 2 rings (SSSR count). The maximum atomic E-state index is 13.4. The first kappa shape index (κ1) is 15.8. The highest BCUT2D eigenvalue weighted by molar-refractivity contribution is 14.1. The summed E-state index contributed by atoms with van der Waals surface area (Å²) in [5.41, 5.74) is 2.74. The summed E-state index contributed by atoms with van der Waals surface area (Å²) in [5.74, 6) is 0.369. The maximum absolute atomic E-state index is 13.4. The summed E-state index contributed by atoms with van der Waals surface area (Å²) < 4.78 is 18.6. The fraction of sp³-hybridized carbons (Fsp3) is 0.188. The van der Waals surface area contributed by atoms with Crippen molar-refractivity contribution in [1.29, 1.82) is 0 Å². The van der Waals surface area contributed by atoms with E-state index in [4.69, 9.17) is 3.07 Å². The molecule has 3 nitrogen and oxygen atoms in total. The number of rotatable bonds is 5. The zero-order valence-electron chi connectivity index (χ0n) is 11.5. The topological polar surface area (TPSA) is 38.3 Å². The van der Waals surface area contributed by atoms with Gasteiger partial charge in [-0.05, 0) is 47.4 Å². The lowest BCUT2D eigenvalue weighted by molar-refractivity contribution is -0.118. The van der Waals surface area contributed by atoms with E-state index in [2.05, 4.69) is 5.32 Å². The molecule has 0 spiro atoms. The van der Waals surface area contributed by atoms with Crippen molar-refractivity contribution in [1.82, 2.24) is 5.32 Å². The molecule has 21 heavy (non-hydrogen) atoms. The second-order valence-electron chi connectivity index (χ2n) is 4.64. The molecular formula is C16H15FINO2. The zero-order valence-corrected chi connectivity index (χ0v) is 13.7. The fourth-order valence-electron chi connectivity index (χ4n) is 2.12. The smallest absolute Gasteiger partial charge is 0.216 e. The van der Waals surface area contributed by atoms with E-state index in [1.54, 1.807) is 6.07 Å². The Hall–Kier alpha value is -1.63. The lowest BCUT2D eigenvalue weighted by Gasteiger charge is -2.12. The summed E-state index contributed by atoms with van der Waals surface area (Å²) in [5, 5.41) is 2.77. The molecule has 0 bridgehead atoms. The monoisotopic (exact) mass is 399 g/mol. The van der Waals surface area contributed by atoms with E-state index in [1.807, 2.05) is 47.3 Å². The Bertz CT molecular complexity index is 646. The van der Waals surface area contributed by atoms with Crippen LogP contribution in [0.5, 0.6) is 5.75 Å². The average Bonchev–Trinajstić information content (AvgIpc) is 2.47. The molecule has 0 aliphatic heterocycles. The van der Waals surface area contributed by atoms with Gasteiger partial charge in [-0.3, -0.25) is 4.79 Å². The van der Waals surface area contributed by atoms with Crippen molar-refractivity contribution in [3.63, 3.8) is 0 Å². The summed E-state index contributed by atoms with van der Waals surface area (Å²) in [6.07, 6.45) is 0.674. The molecule has 0 aromatic heterocycles. The molecule has 0 unspecified atom stereocenters. The minimum atomic E-state index is -0.277. The number of hydrogen-bond acceptors (Lipinski definition) is 2. The first-order chi connectivity index (χ1) is 10.1. The summed E-state index contributed by atoms with van der Waals surface area (Å²) in [4.78, 5) is 11.0. The molecule has 5 heteroatoms. The first-order valence-corrected chi connectivity index (χ1v) is 7.40. The Morgan fingerprint density at radius 1 is 1.29 bits per heavy atom. The Kier molecular flexibility index (Phi) is 5.55. The third-order valence-corrected chi connectivity index (χ3v) is 3.58. The highest BCUT2D eigenvalue weighted by atomic mass is 127. The van der Waals surface area contributed by atoms with Gasteiger partial charge in [0.1, 0.15) is 11.6 Å². The largest absolute Gasteiger partial charge is 0.428 e. The molecule has 0 aliphatic carbocycles. The standard InChI is InChI=1S/C16H15FINO2/c1-11(20)19-8-7-12-5-6-15(21-18)10-16(12)13-3-2-4-14(17)9-13/h2-6,9-10H,7-8H2,1H3,(H,19,20). The van der Waals surface area contributed by atoms with Gasteiger partial charge in [-0.25, -0.2) is 4.39 Å². The molecule has 0 heterocycles. The van der Waals surface area contributed by atoms with Crippen LogP contribution in [0.3, 0.4) is 0 Å². The van der Waals surface area contributed by atoms with Crippen molar-refractivity contribution >= 4 is 28.9 Å². The maximum Gasteiger partial charge on any atom is 0.216 e. The Labute approximate surface area is 137 Å². The lowest BCUT2D eigenvalue weighted by Crippen LogP contribution is -2.22. The van der Waals surface area contributed by atoms with Crippen LogP contribution in [-0.2, 0) is 11.2 Å². The van der Waals surface area contributed by atoms with Gasteiger partial charge >= 0.3 is 0 Å². The Morgan fingerprint density at radius 3 is 2.76 bits per heavy atom. The summed E-state index contributed by atoms with van der Waals surface area (Å²) in [7, 11) is 0. The van der Waals surface area contributed by atoms with Crippen LogP contribution in [-0.4, -0.2) is 12.5 Å². The molecule has 0 aliphatic rings. The molecule has 110 valence electrons. The molecule has 1 amide bonds. The molecule has 0 radical (unpaired) electrons. The van der Waals surface area contributed by atoms with E-state index in [0.29, 0.717) is 18.7 Å². The third kappa shape index (κ3) is 4.42. The minimum absolute atomic E-state index is 0.0606. The highest BCUT2D eigenvalue weighted by Crippen LogP contribution is 2.29. The number of hydrogen-bond donors (Lipinski definition) is 1. The van der Waals surface area contributed by atoms with Crippen LogP contribution in [0.4, 0.5) is 4.39 Å². The zero-order chi connectivity index (χ0) is 15.2. The van der Waals surface area contributed by atoms with E-state index in [1.165, 1.54) is 19.1 Å². The number of amides is 1. The van der Waals surface area contributed by atoms with Crippen LogP contribution in [0.2, 0.25) is 0 Å². The SMILES string of the molecule is CC(=O)NCCc1ccc(OI)cc1-c1cccc(F)c1. The van der Waals surface area contributed by atoms with Crippen molar-refractivity contribution in [3.05, 3.63) is 53.8 Å². The molecule has 0 saturated heterocycles. The number of nitrogens with one attached hydrogen (secondary N) is 1. The van der Waals surface area contributed by atoms with Crippen molar-refractivity contribution < 1.29 is 12.3 Å². The first-order valence-electron chi connectivity index (χ1n) is 6.52. The quantitative estimate of drug-likeness (QED) is 0.775. The molecule has 1 N–H and O–H groups in total. The predicted molar refractivity (Wildman–Crippen MR) is 88.9 cm³/mol. The van der Waals surface area contributed by atoms with Gasteiger partial charge in [0.2, 0.25) is 5.91 Å². The van der Waals surface area contributed by atoms with Crippen molar-refractivity contribution in [3.8, 4) is 16.9 Å². The van der Waals surface area contributed by atoms with Gasteiger partial charge < -0.3 is 8.38 Å². The van der Waals surface area contributed by atoms with Gasteiger partial charge in [-0.2, -0.15) is 0 Å². The molecule has 0 atom stereocenters. The van der Waals surface area contributed by atoms with Gasteiger partial charge in [0.15, 0.2) is 23.0 Å². The second kappa shape index (κ2) is 7.40. The minimum Gasteiger partial charge on any atom is -0.428 e. The predicted octanol–water partition coefficient (Wildman–Crippen LogP) is 3.90. The van der Waals surface area contributed by atoms with Crippen molar-refractivity contribution in [2.45, 2.75) is 13.3 Å². The molecule has 0 saturated carbocycles. The molecular weight excluding hydrogens is 384 g/mol. The average molecular weight is 399 g/mol. The van der Waals surface area contributed by atoms with Gasteiger partial charge in [-0.15, -0.1) is 0 Å². The number of carbonyl (C=O) groups is 1. The highest BCUT2D eigenvalue weighted by Gasteiger charge is 2.08. The summed E-state index contributed by atoms with van der Waals surface area (Å²) in [6, 6.07) is 12.1. The van der Waals surface area contributed by atoms with E-state index in [0.717, 1.165) is 16.7 Å². The number of carbonyl (C=O) groups excluding carboxylic acids is 1. The van der Waals surface area contributed by atoms with E-state index in [-0.39, 0.29) is 11.7 Å². The molecule has 2 aromatic rings. The Balaban J connectivity index is 2.33. The van der Waals surface area contributed by atoms with Crippen molar-refractivity contribution in [2.24, 2.45) is 0 Å². The van der Waals surface area contributed by atoms with Crippen LogP contribution in [0.1, 0.15) is 12.5 Å². The summed E-state index contributed by atoms with van der Waals surface area (Å²) in [6.45, 7) is 2.03. The van der Waals surface area contributed by atoms with Gasteiger partial charge in [0.25, 0.3) is 0 Å². The van der Waals surface area contributed by atoms with Gasteiger partial charge in [0, 0.05) is 13.5 Å². The van der Waals surface area contributed by atoms with E-state index < -0.39 is 0 Å². The van der Waals surface area contributed by atoms with Crippen molar-refractivity contribution in [2.75, 3.05) is 6.54 Å². The van der Waals surface area contributed by atoms with E-state index in [9.17, 15) is 9.18 Å². The lowest BCUT2D eigenvalue weighted by atomic mass is 9.97. The van der Waals surface area contributed by atoms with Crippen LogP contribution >= 0.6 is 23.0 Å². The van der Waals surface area contributed by atoms with Gasteiger partial charge in [-0.1, -0.05) is 18.2 Å². The normalized spacial score (nSPS) is 10.2. The number of benzene rings is 2. The van der Waals surface area contributed by atoms with E-state index >= 15 is 0 Å². The second-order valence-corrected chi connectivity index (χ2v) is 5.08. The van der Waals surface area contributed by atoms with Gasteiger partial charge in [0.05, 0.1) is 0 Å². The third-order valence-electron chi connectivity index (χ3n) is 3.07. The summed E-state index contributed by atoms with van der Waals surface area (Å²) >= 11 is 1.81. The molecule has 0 fully saturated rings. The van der Waals surface area contributed by atoms with Crippen LogP contribution in [0.25, 0.3) is 11.1 Å². The van der Waals surface area contributed by atoms with Crippen LogP contribution in [0, 0.1) is 5.82 Å². The molecule has 2 aromatic carbocycles. The Morgan fingerprint density at radius 2 is 2.10 bits per heavy atom. The van der Waals surface area contributed by atoms with Crippen LogP contribution < -0.4 is 8.38 Å². The van der Waals surface area contributed by atoms with Crippen LogP contribution in [0.15, 0.2) is 42.5 Å². The fourth-order valence-corrected chi connectivity index (χ4v) is 2.39. The number of halogens is 2.